The van der Waals surface area contributed by atoms with Crippen LogP contribution in [-0.2, 0) is 0 Å². The van der Waals surface area contributed by atoms with Gasteiger partial charge in [-0.3, -0.25) is 0 Å². The number of rotatable bonds is 5. The van der Waals surface area contributed by atoms with Gasteiger partial charge in [-0.05, 0) is 52.5 Å². The summed E-state index contributed by atoms with van der Waals surface area (Å²) in [4.78, 5) is 0. The average Bonchev–Trinajstić information content (AvgIpc) is 2.14. The second-order valence-electron chi connectivity index (χ2n) is 3.44. The molecule has 3 heteroatoms. The quantitative estimate of drug-likeness (QED) is 0.507. The Balaban J connectivity index is 1.91. The molecule has 0 bridgehead atoms. The first kappa shape index (κ1) is 9.96. The molecule has 0 unspecified atom stereocenters. The van der Waals surface area contributed by atoms with Crippen molar-refractivity contribution in [3.05, 3.63) is 0 Å². The summed E-state index contributed by atoms with van der Waals surface area (Å²) >= 11 is 0. The Hall–Kier alpha value is -0.120. The molecule has 1 heterocycles. The Morgan fingerprint density at radius 3 is 2.67 bits per heavy atom. The van der Waals surface area contributed by atoms with Gasteiger partial charge in [0.2, 0.25) is 0 Å². The fraction of sp³-hybridized carbons (Fsp3) is 1.00. The summed E-state index contributed by atoms with van der Waals surface area (Å²) in [5.41, 5.74) is 0. The fourth-order valence-electron chi connectivity index (χ4n) is 1.60. The van der Waals surface area contributed by atoms with Crippen LogP contribution in [-0.4, -0.2) is 39.3 Å². The van der Waals surface area contributed by atoms with Crippen LogP contribution in [0, 0.1) is 0 Å². The van der Waals surface area contributed by atoms with Crippen molar-refractivity contribution in [1.29, 1.82) is 0 Å². The number of piperidine rings is 1. The minimum atomic E-state index is 0.767. The summed E-state index contributed by atoms with van der Waals surface area (Å²) < 4.78 is 0. The molecule has 1 saturated heterocycles. The van der Waals surface area contributed by atoms with Crippen LogP contribution in [0.4, 0.5) is 0 Å². The number of hydrogen-bond acceptors (Lipinski definition) is 3. The molecule has 3 N–H and O–H groups in total. The smallest absolute Gasteiger partial charge is 0.00912 e. The molecule has 0 aromatic heterocycles. The Labute approximate surface area is 75.3 Å². The van der Waals surface area contributed by atoms with Crippen LogP contribution >= 0.6 is 0 Å². The second-order valence-corrected chi connectivity index (χ2v) is 3.44. The molecule has 1 fully saturated rings. The van der Waals surface area contributed by atoms with Gasteiger partial charge in [0.15, 0.2) is 0 Å². The zero-order valence-corrected chi connectivity index (χ0v) is 8.03. The molecular weight excluding hydrogens is 150 g/mol. The predicted octanol–water partition coefficient (Wildman–Crippen LogP) is -0.0625. The lowest BCUT2D eigenvalue weighted by Gasteiger charge is -2.23. The minimum Gasteiger partial charge on any atom is -0.320 e. The molecule has 72 valence electrons. The monoisotopic (exact) mass is 171 g/mol. The van der Waals surface area contributed by atoms with E-state index in [0.717, 1.165) is 19.1 Å². The number of nitrogens with one attached hydrogen (secondary N) is 3. The van der Waals surface area contributed by atoms with Gasteiger partial charge in [0, 0.05) is 6.04 Å². The molecule has 1 rings (SSSR count). The molecule has 0 aromatic rings. The van der Waals surface area contributed by atoms with E-state index in [9.17, 15) is 0 Å². The zero-order chi connectivity index (χ0) is 8.65. The molecule has 0 atom stereocenters. The van der Waals surface area contributed by atoms with Crippen molar-refractivity contribution in [2.45, 2.75) is 25.3 Å². The maximum absolute atomic E-state index is 3.58. The van der Waals surface area contributed by atoms with Gasteiger partial charge in [-0.25, -0.2) is 0 Å². The van der Waals surface area contributed by atoms with Crippen molar-refractivity contribution in [3.8, 4) is 0 Å². The average molecular weight is 171 g/mol. The van der Waals surface area contributed by atoms with Gasteiger partial charge >= 0.3 is 0 Å². The third kappa shape index (κ3) is 4.04. The molecule has 1 aliphatic heterocycles. The maximum Gasteiger partial charge on any atom is 0.00912 e. The van der Waals surface area contributed by atoms with E-state index in [-0.39, 0.29) is 0 Å². The predicted molar refractivity (Wildman–Crippen MR) is 52.4 cm³/mol. The SMILES string of the molecule is CNCCCNC1CCNCC1. The highest BCUT2D eigenvalue weighted by Gasteiger charge is 2.10. The molecule has 1 aliphatic rings. The Morgan fingerprint density at radius 1 is 1.25 bits per heavy atom. The lowest BCUT2D eigenvalue weighted by atomic mass is 10.1. The summed E-state index contributed by atoms with van der Waals surface area (Å²) in [6.07, 6.45) is 3.82. The van der Waals surface area contributed by atoms with E-state index in [0.29, 0.717) is 0 Å². The van der Waals surface area contributed by atoms with E-state index in [4.69, 9.17) is 0 Å². The molecule has 0 radical (unpaired) electrons. The van der Waals surface area contributed by atoms with E-state index in [2.05, 4.69) is 16.0 Å². The van der Waals surface area contributed by atoms with Crippen molar-refractivity contribution in [3.63, 3.8) is 0 Å². The molecule has 3 nitrogen and oxygen atoms in total. The standard InChI is InChI=1S/C9H21N3/c1-10-5-2-6-12-9-3-7-11-8-4-9/h9-12H,2-8H2,1H3. The summed E-state index contributed by atoms with van der Waals surface area (Å²) in [5, 5.41) is 10.1. The van der Waals surface area contributed by atoms with E-state index in [1.165, 1.54) is 32.4 Å². The maximum atomic E-state index is 3.58. The lowest BCUT2D eigenvalue weighted by Crippen LogP contribution is -2.40. The van der Waals surface area contributed by atoms with Gasteiger partial charge in [0.1, 0.15) is 0 Å². The van der Waals surface area contributed by atoms with Gasteiger partial charge in [0.25, 0.3) is 0 Å². The van der Waals surface area contributed by atoms with E-state index >= 15 is 0 Å². The Bertz CT molecular complexity index is 99.9. The molecule has 0 saturated carbocycles. The highest BCUT2D eigenvalue weighted by molar-refractivity contribution is 4.73. The fourth-order valence-corrected chi connectivity index (χ4v) is 1.60. The van der Waals surface area contributed by atoms with Gasteiger partial charge < -0.3 is 16.0 Å². The summed E-state index contributed by atoms with van der Waals surface area (Å²) in [6.45, 7) is 4.65. The Morgan fingerprint density at radius 2 is 2.00 bits per heavy atom. The van der Waals surface area contributed by atoms with Crippen LogP contribution in [0.1, 0.15) is 19.3 Å². The van der Waals surface area contributed by atoms with Gasteiger partial charge in [0.05, 0.1) is 0 Å². The van der Waals surface area contributed by atoms with Crippen molar-refractivity contribution in [2.24, 2.45) is 0 Å². The van der Waals surface area contributed by atoms with Gasteiger partial charge in [-0.2, -0.15) is 0 Å². The molecule has 0 spiro atoms. The first-order valence-electron chi connectivity index (χ1n) is 5.02. The minimum absolute atomic E-state index is 0.767. The third-order valence-electron chi connectivity index (χ3n) is 2.38. The van der Waals surface area contributed by atoms with Crippen molar-refractivity contribution >= 4 is 0 Å². The van der Waals surface area contributed by atoms with Crippen LogP contribution in [0.5, 0.6) is 0 Å². The first-order valence-corrected chi connectivity index (χ1v) is 5.02. The molecule has 0 amide bonds. The topological polar surface area (TPSA) is 36.1 Å². The van der Waals surface area contributed by atoms with Crippen LogP contribution in [0.25, 0.3) is 0 Å². The second kappa shape index (κ2) is 6.40. The highest BCUT2D eigenvalue weighted by Crippen LogP contribution is 2.00. The summed E-state index contributed by atoms with van der Waals surface area (Å²) in [6, 6.07) is 0.767. The Kier molecular flexibility index (Phi) is 5.32. The summed E-state index contributed by atoms with van der Waals surface area (Å²) in [7, 11) is 2.00. The summed E-state index contributed by atoms with van der Waals surface area (Å²) in [5.74, 6) is 0. The van der Waals surface area contributed by atoms with Crippen LogP contribution in [0.3, 0.4) is 0 Å². The van der Waals surface area contributed by atoms with E-state index < -0.39 is 0 Å². The van der Waals surface area contributed by atoms with Crippen LogP contribution in [0.15, 0.2) is 0 Å². The largest absolute Gasteiger partial charge is 0.320 e. The van der Waals surface area contributed by atoms with E-state index in [1.54, 1.807) is 0 Å². The third-order valence-corrected chi connectivity index (χ3v) is 2.38. The van der Waals surface area contributed by atoms with Crippen molar-refractivity contribution in [1.82, 2.24) is 16.0 Å². The highest BCUT2D eigenvalue weighted by atomic mass is 15.0. The lowest BCUT2D eigenvalue weighted by molar-refractivity contribution is 0.385. The molecule has 0 aromatic carbocycles. The van der Waals surface area contributed by atoms with Crippen LogP contribution in [0.2, 0.25) is 0 Å². The van der Waals surface area contributed by atoms with Gasteiger partial charge in [-0.1, -0.05) is 0 Å². The molecular formula is C9H21N3. The van der Waals surface area contributed by atoms with Gasteiger partial charge in [-0.15, -0.1) is 0 Å². The first-order chi connectivity index (χ1) is 5.93. The van der Waals surface area contributed by atoms with Crippen molar-refractivity contribution in [2.75, 3.05) is 33.2 Å². The zero-order valence-electron chi connectivity index (χ0n) is 8.03. The van der Waals surface area contributed by atoms with Crippen molar-refractivity contribution < 1.29 is 0 Å². The molecule has 12 heavy (non-hydrogen) atoms. The normalized spacial score (nSPS) is 19.8. The van der Waals surface area contributed by atoms with Crippen LogP contribution < -0.4 is 16.0 Å². The number of hydrogen-bond donors (Lipinski definition) is 3. The van der Waals surface area contributed by atoms with E-state index in [1.807, 2.05) is 7.05 Å². The molecule has 0 aliphatic carbocycles.